The van der Waals surface area contributed by atoms with E-state index in [-0.39, 0.29) is 37.0 Å². The number of nitrogens with zero attached hydrogens (tertiary/aromatic N) is 5. The fraction of sp³-hybridized carbons (Fsp3) is 0.320. The summed E-state index contributed by atoms with van der Waals surface area (Å²) in [6.07, 6.45) is 0.0254. The molecule has 1 aromatic carbocycles. The average molecular weight is 512 g/mol. The van der Waals surface area contributed by atoms with Crippen LogP contribution in [0.4, 0.5) is 18.9 Å². The molecule has 192 valence electrons. The molecule has 0 radical (unpaired) electrons. The number of fused-ring (bicyclic) bond motifs is 1. The third kappa shape index (κ3) is 5.18. The standard InChI is InChI=1S/C25H23F3N6O3/c1-2-37-24(36)18-14-30-34-19(8-10-29-23(18)34)16-4-3-5-17(12-16)31-22(35)9-11-33-20(15-6-7-15)13-21(32-33)25(26,27)28/h3-5,8,10,12-15H,2,6-7,9,11H2,1H3,(H,31,35). The molecule has 3 aromatic heterocycles. The van der Waals surface area contributed by atoms with Gasteiger partial charge >= 0.3 is 12.1 Å². The number of hydrogen-bond acceptors (Lipinski definition) is 6. The van der Waals surface area contributed by atoms with Gasteiger partial charge in [0.2, 0.25) is 5.91 Å². The number of hydrogen-bond donors (Lipinski definition) is 1. The molecule has 1 N–H and O–H groups in total. The van der Waals surface area contributed by atoms with Crippen molar-refractivity contribution in [1.82, 2.24) is 24.4 Å². The number of aryl methyl sites for hydroxylation is 1. The molecule has 1 saturated carbocycles. The topological polar surface area (TPSA) is 103 Å². The Hall–Kier alpha value is -4.22. The van der Waals surface area contributed by atoms with Crippen molar-refractivity contribution in [3.05, 3.63) is 65.7 Å². The maximum atomic E-state index is 13.1. The summed E-state index contributed by atoms with van der Waals surface area (Å²) in [6, 6.07) is 9.83. The Bertz CT molecular complexity index is 1470. The molecule has 1 aliphatic rings. The lowest BCUT2D eigenvalue weighted by molar-refractivity contribution is -0.141. The average Bonchev–Trinajstić information content (AvgIpc) is 3.45. The molecule has 0 spiro atoms. The number of benzene rings is 1. The van der Waals surface area contributed by atoms with Crippen LogP contribution in [-0.2, 0) is 22.3 Å². The Labute approximate surface area is 209 Å². The van der Waals surface area contributed by atoms with Crippen molar-refractivity contribution in [2.24, 2.45) is 0 Å². The van der Waals surface area contributed by atoms with E-state index < -0.39 is 17.8 Å². The quantitative estimate of drug-likeness (QED) is 0.344. The van der Waals surface area contributed by atoms with E-state index in [0.717, 1.165) is 18.9 Å². The monoisotopic (exact) mass is 512 g/mol. The zero-order chi connectivity index (χ0) is 26.2. The minimum Gasteiger partial charge on any atom is -0.462 e. The maximum Gasteiger partial charge on any atom is 0.435 e. The number of aromatic nitrogens is 5. The summed E-state index contributed by atoms with van der Waals surface area (Å²) in [4.78, 5) is 29.1. The van der Waals surface area contributed by atoms with Crippen LogP contribution in [0, 0.1) is 0 Å². The number of ether oxygens (including phenoxy) is 1. The highest BCUT2D eigenvalue weighted by Gasteiger charge is 2.37. The number of nitrogens with one attached hydrogen (secondary N) is 1. The molecule has 0 aliphatic heterocycles. The Morgan fingerprint density at radius 3 is 2.73 bits per heavy atom. The molecule has 4 aromatic rings. The summed E-state index contributed by atoms with van der Waals surface area (Å²) < 4.78 is 47.2. The number of carbonyl (C=O) groups excluding carboxylic acids is 2. The number of amides is 1. The molecule has 12 heteroatoms. The van der Waals surface area contributed by atoms with Crippen molar-refractivity contribution in [1.29, 1.82) is 0 Å². The third-order valence-electron chi connectivity index (χ3n) is 5.99. The predicted octanol–water partition coefficient (Wildman–Crippen LogP) is 4.69. The first kappa shape index (κ1) is 24.5. The van der Waals surface area contributed by atoms with E-state index in [9.17, 15) is 22.8 Å². The van der Waals surface area contributed by atoms with Gasteiger partial charge in [-0.2, -0.15) is 23.4 Å². The number of esters is 1. The molecule has 5 rings (SSSR count). The SMILES string of the molecule is CCOC(=O)c1cnn2c(-c3cccc(NC(=O)CCn4nc(C(F)(F)F)cc4C4CC4)c3)ccnc12. The van der Waals surface area contributed by atoms with Crippen molar-refractivity contribution in [3.63, 3.8) is 0 Å². The second-order valence-corrected chi connectivity index (χ2v) is 8.67. The Balaban J connectivity index is 1.31. The van der Waals surface area contributed by atoms with Gasteiger partial charge in [0.05, 0.1) is 18.5 Å². The molecule has 9 nitrogen and oxygen atoms in total. The summed E-state index contributed by atoms with van der Waals surface area (Å²) in [5, 5.41) is 10.8. The third-order valence-corrected chi connectivity index (χ3v) is 5.99. The summed E-state index contributed by atoms with van der Waals surface area (Å²) >= 11 is 0. The minimum atomic E-state index is -4.53. The summed E-state index contributed by atoms with van der Waals surface area (Å²) in [5.41, 5.74) is 2.02. The highest BCUT2D eigenvalue weighted by Crippen LogP contribution is 2.42. The highest BCUT2D eigenvalue weighted by molar-refractivity contribution is 5.96. The van der Waals surface area contributed by atoms with Crippen LogP contribution in [0.3, 0.4) is 0 Å². The Morgan fingerprint density at radius 2 is 2.00 bits per heavy atom. The van der Waals surface area contributed by atoms with Gasteiger partial charge < -0.3 is 10.1 Å². The number of rotatable bonds is 8. The van der Waals surface area contributed by atoms with Crippen molar-refractivity contribution < 1.29 is 27.5 Å². The van der Waals surface area contributed by atoms with Gasteiger partial charge in [-0.1, -0.05) is 12.1 Å². The lowest BCUT2D eigenvalue weighted by atomic mass is 10.1. The van der Waals surface area contributed by atoms with Crippen LogP contribution < -0.4 is 5.32 Å². The van der Waals surface area contributed by atoms with E-state index in [1.165, 1.54) is 15.4 Å². The summed E-state index contributed by atoms with van der Waals surface area (Å²) in [5.74, 6) is -0.814. The minimum absolute atomic E-state index is 0.0372. The lowest BCUT2D eigenvalue weighted by Crippen LogP contribution is -2.16. The second kappa shape index (κ2) is 9.68. The van der Waals surface area contributed by atoms with Crippen LogP contribution in [0.25, 0.3) is 16.9 Å². The molecule has 1 amide bonds. The van der Waals surface area contributed by atoms with Crippen LogP contribution >= 0.6 is 0 Å². The van der Waals surface area contributed by atoms with E-state index in [1.54, 1.807) is 37.4 Å². The highest BCUT2D eigenvalue weighted by atomic mass is 19.4. The predicted molar refractivity (Wildman–Crippen MR) is 127 cm³/mol. The molecule has 0 unspecified atom stereocenters. The van der Waals surface area contributed by atoms with Gasteiger partial charge in [0.1, 0.15) is 5.56 Å². The second-order valence-electron chi connectivity index (χ2n) is 8.67. The van der Waals surface area contributed by atoms with E-state index in [2.05, 4.69) is 20.5 Å². The molecule has 1 fully saturated rings. The molecule has 0 saturated heterocycles. The molecular formula is C25H23F3N6O3. The number of anilines is 1. The molecule has 1 aliphatic carbocycles. The van der Waals surface area contributed by atoms with Gasteiger partial charge in [0.15, 0.2) is 11.3 Å². The van der Waals surface area contributed by atoms with Crippen molar-refractivity contribution >= 4 is 23.2 Å². The number of halogens is 3. The molecule has 37 heavy (non-hydrogen) atoms. The summed E-state index contributed by atoms with van der Waals surface area (Å²) in [6.45, 7) is 1.98. The van der Waals surface area contributed by atoms with E-state index in [4.69, 9.17) is 4.74 Å². The normalized spacial score (nSPS) is 13.6. The number of carbonyl (C=O) groups is 2. The van der Waals surface area contributed by atoms with Crippen molar-refractivity contribution in [2.75, 3.05) is 11.9 Å². The van der Waals surface area contributed by atoms with Crippen LogP contribution in [-0.4, -0.2) is 42.9 Å². The van der Waals surface area contributed by atoms with Crippen LogP contribution in [0.15, 0.2) is 48.8 Å². The smallest absolute Gasteiger partial charge is 0.435 e. The van der Waals surface area contributed by atoms with Crippen LogP contribution in [0.1, 0.15) is 53.8 Å². The van der Waals surface area contributed by atoms with Crippen LogP contribution in [0.5, 0.6) is 0 Å². The van der Waals surface area contributed by atoms with E-state index in [0.29, 0.717) is 28.3 Å². The van der Waals surface area contributed by atoms with Gasteiger partial charge in [0.25, 0.3) is 0 Å². The summed E-state index contributed by atoms with van der Waals surface area (Å²) in [7, 11) is 0. The van der Waals surface area contributed by atoms with Gasteiger partial charge in [-0.3, -0.25) is 9.48 Å². The van der Waals surface area contributed by atoms with Crippen molar-refractivity contribution in [2.45, 2.75) is 44.8 Å². The van der Waals surface area contributed by atoms with Crippen LogP contribution in [0.2, 0.25) is 0 Å². The van der Waals surface area contributed by atoms with Gasteiger partial charge in [-0.15, -0.1) is 0 Å². The first-order valence-electron chi connectivity index (χ1n) is 11.8. The van der Waals surface area contributed by atoms with E-state index >= 15 is 0 Å². The van der Waals surface area contributed by atoms with Gasteiger partial charge in [-0.25, -0.2) is 14.3 Å². The Kier molecular flexibility index (Phi) is 6.40. The number of alkyl halides is 3. The molecule has 0 atom stereocenters. The Morgan fingerprint density at radius 1 is 1.19 bits per heavy atom. The van der Waals surface area contributed by atoms with Gasteiger partial charge in [-0.05, 0) is 44.0 Å². The fourth-order valence-electron chi connectivity index (χ4n) is 4.11. The first-order chi connectivity index (χ1) is 17.7. The maximum absolute atomic E-state index is 13.1. The molecular weight excluding hydrogens is 489 g/mol. The largest absolute Gasteiger partial charge is 0.462 e. The van der Waals surface area contributed by atoms with Gasteiger partial charge in [0, 0.05) is 42.0 Å². The molecule has 0 bridgehead atoms. The lowest BCUT2D eigenvalue weighted by Gasteiger charge is -2.10. The molecule has 3 heterocycles. The zero-order valence-corrected chi connectivity index (χ0v) is 19.8. The van der Waals surface area contributed by atoms with E-state index in [1.807, 2.05) is 6.07 Å². The first-order valence-corrected chi connectivity index (χ1v) is 11.8. The zero-order valence-electron chi connectivity index (χ0n) is 19.8. The fourth-order valence-corrected chi connectivity index (χ4v) is 4.11. The van der Waals surface area contributed by atoms with Crippen molar-refractivity contribution in [3.8, 4) is 11.3 Å².